The summed E-state index contributed by atoms with van der Waals surface area (Å²) >= 11 is 12.5. The molecule has 182 valence electrons. The molecule has 0 bridgehead atoms. The van der Waals surface area contributed by atoms with E-state index in [1.807, 2.05) is 13.0 Å². The third-order valence-electron chi connectivity index (χ3n) is 7.46. The fourth-order valence-electron chi connectivity index (χ4n) is 5.63. The molecule has 1 saturated heterocycles. The van der Waals surface area contributed by atoms with Gasteiger partial charge in [-0.15, -0.1) is 0 Å². The summed E-state index contributed by atoms with van der Waals surface area (Å²) in [5.74, 6) is 0.342. The van der Waals surface area contributed by atoms with E-state index in [-0.39, 0.29) is 24.4 Å². The number of benzene rings is 1. The second kappa shape index (κ2) is 9.87. The highest BCUT2D eigenvalue weighted by atomic mass is 35.5. The Kier molecular flexibility index (Phi) is 6.82. The van der Waals surface area contributed by atoms with Gasteiger partial charge in [0.25, 0.3) is 0 Å². The highest BCUT2D eigenvalue weighted by Gasteiger charge is 2.34. The molecule has 3 aromatic rings. The number of likely N-dealkylation sites (tertiary alicyclic amines) is 1. The summed E-state index contributed by atoms with van der Waals surface area (Å²) in [5.41, 5.74) is 4.10. The van der Waals surface area contributed by atoms with E-state index in [4.69, 9.17) is 28.2 Å². The summed E-state index contributed by atoms with van der Waals surface area (Å²) in [7, 11) is 0. The molecule has 1 unspecified atom stereocenters. The van der Waals surface area contributed by atoms with Gasteiger partial charge in [0.05, 0.1) is 24.5 Å². The molecule has 5 rings (SSSR count). The Hall–Kier alpha value is -2.50. The van der Waals surface area contributed by atoms with E-state index in [0.717, 1.165) is 49.1 Å². The lowest BCUT2D eigenvalue weighted by Gasteiger charge is -2.38. The molecule has 7 nitrogen and oxygen atoms in total. The van der Waals surface area contributed by atoms with Crippen molar-refractivity contribution in [3.63, 3.8) is 0 Å². The lowest BCUT2D eigenvalue weighted by atomic mass is 9.84. The van der Waals surface area contributed by atoms with Crippen LogP contribution in [0.15, 0.2) is 30.5 Å². The SMILES string of the molecule is CC1C=C(c2cnc3c(C#N)nn([C@H](C)c4ccc(Cl)cc4Cl)c3n2)CC[C@@H]1N1CCC[C@H]1CO. The van der Waals surface area contributed by atoms with Crippen molar-refractivity contribution in [2.75, 3.05) is 13.2 Å². The molecule has 0 radical (unpaired) electrons. The van der Waals surface area contributed by atoms with Crippen LogP contribution >= 0.6 is 23.2 Å². The first-order valence-corrected chi connectivity index (χ1v) is 12.8. The molecule has 0 amide bonds. The topological polar surface area (TPSA) is 90.9 Å². The maximum absolute atomic E-state index is 9.77. The van der Waals surface area contributed by atoms with Crippen LogP contribution in [0.1, 0.15) is 62.5 Å². The van der Waals surface area contributed by atoms with Crippen LogP contribution in [0.2, 0.25) is 10.0 Å². The third-order valence-corrected chi connectivity index (χ3v) is 8.02. The van der Waals surface area contributed by atoms with Crippen LogP contribution in [-0.4, -0.2) is 55.0 Å². The van der Waals surface area contributed by atoms with Crippen molar-refractivity contribution >= 4 is 39.9 Å². The van der Waals surface area contributed by atoms with Gasteiger partial charge in [-0.25, -0.2) is 14.6 Å². The Bertz CT molecular complexity index is 1330. The molecule has 2 aromatic heterocycles. The van der Waals surface area contributed by atoms with E-state index < -0.39 is 0 Å². The van der Waals surface area contributed by atoms with Crippen LogP contribution < -0.4 is 0 Å². The molecule has 1 aliphatic heterocycles. The molecule has 3 heterocycles. The van der Waals surface area contributed by atoms with E-state index in [9.17, 15) is 10.4 Å². The number of aliphatic hydroxyl groups is 1. The van der Waals surface area contributed by atoms with Gasteiger partial charge in [-0.3, -0.25) is 4.90 Å². The average molecular weight is 511 g/mol. The molecule has 1 aliphatic carbocycles. The summed E-state index contributed by atoms with van der Waals surface area (Å²) in [5, 5.41) is 25.0. The normalized spacial score (nSPS) is 23.9. The zero-order valence-electron chi connectivity index (χ0n) is 19.8. The lowest BCUT2D eigenvalue weighted by Crippen LogP contribution is -2.45. The van der Waals surface area contributed by atoms with Crippen LogP contribution in [0.4, 0.5) is 0 Å². The molecule has 2 aliphatic rings. The van der Waals surface area contributed by atoms with Crippen LogP contribution in [0.3, 0.4) is 0 Å². The minimum atomic E-state index is -0.261. The first kappa shape index (κ1) is 24.2. The van der Waals surface area contributed by atoms with Gasteiger partial charge in [0, 0.05) is 22.1 Å². The predicted molar refractivity (Wildman–Crippen MR) is 137 cm³/mol. The standard InChI is InChI=1S/C26H28Cl2N6O/c1-15-10-17(5-8-24(15)33-9-3-4-19(33)14-35)23-13-30-25-22(12-29)32-34(26(25)31-23)16(2)20-7-6-18(27)11-21(20)28/h6-7,10-11,13,15-16,19,24,35H,3-5,8-9,14H2,1-2H3/t15?,16-,19+,24+/m1/s1. The van der Waals surface area contributed by atoms with E-state index in [1.54, 1.807) is 23.0 Å². The number of nitrogens with zero attached hydrogens (tertiary/aromatic N) is 6. The number of nitriles is 1. The molecule has 9 heteroatoms. The zero-order chi connectivity index (χ0) is 24.7. The van der Waals surface area contributed by atoms with Crippen molar-refractivity contribution < 1.29 is 5.11 Å². The van der Waals surface area contributed by atoms with Crippen molar-refractivity contribution in [3.8, 4) is 6.07 Å². The maximum atomic E-state index is 9.77. The summed E-state index contributed by atoms with van der Waals surface area (Å²) in [4.78, 5) is 12.0. The largest absolute Gasteiger partial charge is 0.395 e. The monoisotopic (exact) mass is 510 g/mol. The van der Waals surface area contributed by atoms with Gasteiger partial charge < -0.3 is 5.11 Å². The first-order valence-electron chi connectivity index (χ1n) is 12.1. The molecule has 4 atom stereocenters. The Morgan fingerprint density at radius 2 is 2.11 bits per heavy atom. The van der Waals surface area contributed by atoms with Crippen molar-refractivity contribution in [1.82, 2.24) is 24.6 Å². The number of rotatable bonds is 5. The van der Waals surface area contributed by atoms with Crippen molar-refractivity contribution in [2.45, 2.75) is 57.7 Å². The van der Waals surface area contributed by atoms with Gasteiger partial charge in [0.2, 0.25) is 0 Å². The fourth-order valence-corrected chi connectivity index (χ4v) is 6.20. The summed E-state index contributed by atoms with van der Waals surface area (Å²) in [6.07, 6.45) is 8.17. The second-order valence-corrected chi connectivity index (χ2v) is 10.4. The smallest absolute Gasteiger partial charge is 0.190 e. The van der Waals surface area contributed by atoms with Crippen molar-refractivity contribution in [3.05, 3.63) is 57.5 Å². The van der Waals surface area contributed by atoms with E-state index in [2.05, 4.69) is 34.1 Å². The van der Waals surface area contributed by atoms with Crippen molar-refractivity contribution in [1.29, 1.82) is 5.26 Å². The number of halogens is 2. The molecule has 1 aromatic carbocycles. The summed E-state index contributed by atoms with van der Waals surface area (Å²) in [6.45, 7) is 5.49. The molecule has 1 N–H and O–H groups in total. The molecule has 35 heavy (non-hydrogen) atoms. The van der Waals surface area contributed by atoms with E-state index >= 15 is 0 Å². The molecular formula is C26H28Cl2N6O. The van der Waals surface area contributed by atoms with Gasteiger partial charge in [-0.1, -0.05) is 42.3 Å². The number of fused-ring (bicyclic) bond motifs is 1. The van der Waals surface area contributed by atoms with Crippen LogP contribution in [-0.2, 0) is 0 Å². The minimum Gasteiger partial charge on any atom is -0.395 e. The molecular weight excluding hydrogens is 483 g/mol. The van der Waals surface area contributed by atoms with Crippen LogP contribution in [0.5, 0.6) is 0 Å². The Labute approximate surface area is 215 Å². The Morgan fingerprint density at radius 3 is 2.83 bits per heavy atom. The van der Waals surface area contributed by atoms with Crippen LogP contribution in [0.25, 0.3) is 16.7 Å². The molecule has 0 saturated carbocycles. The van der Waals surface area contributed by atoms with Gasteiger partial charge in [0.15, 0.2) is 11.3 Å². The second-order valence-electron chi connectivity index (χ2n) is 9.55. The lowest BCUT2D eigenvalue weighted by molar-refractivity contribution is 0.0950. The summed E-state index contributed by atoms with van der Waals surface area (Å²) in [6, 6.07) is 7.95. The third kappa shape index (κ3) is 4.45. The highest BCUT2D eigenvalue weighted by molar-refractivity contribution is 6.35. The van der Waals surface area contributed by atoms with Crippen LogP contribution in [0, 0.1) is 17.2 Å². The van der Waals surface area contributed by atoms with E-state index in [0.29, 0.717) is 33.2 Å². The van der Waals surface area contributed by atoms with Gasteiger partial charge in [0.1, 0.15) is 11.6 Å². The minimum absolute atomic E-state index is 0.225. The molecule has 1 fully saturated rings. The predicted octanol–water partition coefficient (Wildman–Crippen LogP) is 5.25. The maximum Gasteiger partial charge on any atom is 0.190 e. The van der Waals surface area contributed by atoms with Crippen molar-refractivity contribution in [2.24, 2.45) is 5.92 Å². The van der Waals surface area contributed by atoms with Gasteiger partial charge in [-0.2, -0.15) is 10.4 Å². The highest BCUT2D eigenvalue weighted by Crippen LogP contribution is 2.36. The quantitative estimate of drug-likeness (QED) is 0.503. The van der Waals surface area contributed by atoms with Gasteiger partial charge in [-0.05, 0) is 68.3 Å². The van der Waals surface area contributed by atoms with Gasteiger partial charge >= 0.3 is 0 Å². The fraction of sp³-hybridized carbons (Fsp3) is 0.462. The zero-order valence-corrected chi connectivity index (χ0v) is 21.3. The number of allylic oxidation sites excluding steroid dienone is 1. The number of hydrogen-bond donors (Lipinski definition) is 1. The number of hydrogen-bond acceptors (Lipinski definition) is 6. The average Bonchev–Trinajstić information content (AvgIpc) is 3.47. The van der Waals surface area contributed by atoms with E-state index in [1.165, 1.54) is 0 Å². The molecule has 0 spiro atoms. The number of aliphatic hydroxyl groups excluding tert-OH is 1. The Balaban J connectivity index is 1.50. The summed E-state index contributed by atoms with van der Waals surface area (Å²) < 4.78 is 1.73. The Morgan fingerprint density at radius 1 is 1.29 bits per heavy atom. The number of aromatic nitrogens is 4. The first-order chi connectivity index (χ1) is 16.9.